The zero-order valence-corrected chi connectivity index (χ0v) is 15.5. The fraction of sp³-hybridized carbons (Fsp3) is 0.263. The Hall–Kier alpha value is -2.93. The number of carbonyl (C=O) groups is 2. The Morgan fingerprint density at radius 1 is 1.15 bits per heavy atom. The number of nitrogens with zero attached hydrogens (tertiary/aromatic N) is 1. The van der Waals surface area contributed by atoms with Crippen LogP contribution in [0.5, 0.6) is 11.5 Å². The van der Waals surface area contributed by atoms with Crippen LogP contribution < -0.4 is 20.3 Å². The topological polar surface area (TPSA) is 79.9 Å². The maximum Gasteiger partial charge on any atom is 0.414 e. The number of urea groups is 1. The van der Waals surface area contributed by atoms with Crippen molar-refractivity contribution in [2.45, 2.75) is 13.0 Å². The maximum atomic E-state index is 12.1. The van der Waals surface area contributed by atoms with Crippen molar-refractivity contribution in [3.8, 4) is 11.5 Å². The molecule has 8 heteroatoms. The Balaban J connectivity index is 1.57. The molecule has 1 aliphatic rings. The largest absolute Gasteiger partial charge is 0.457 e. The van der Waals surface area contributed by atoms with Gasteiger partial charge in [-0.05, 0) is 55.5 Å². The van der Waals surface area contributed by atoms with Gasteiger partial charge in [0, 0.05) is 17.3 Å². The van der Waals surface area contributed by atoms with Crippen molar-refractivity contribution in [1.82, 2.24) is 10.6 Å². The predicted octanol–water partition coefficient (Wildman–Crippen LogP) is 3.78. The molecule has 7 nitrogen and oxygen atoms in total. The normalized spacial score (nSPS) is 16.0. The summed E-state index contributed by atoms with van der Waals surface area (Å²) in [6, 6.07) is 13.9. The van der Waals surface area contributed by atoms with E-state index >= 15 is 0 Å². The Morgan fingerprint density at radius 2 is 1.78 bits per heavy atom. The van der Waals surface area contributed by atoms with Gasteiger partial charge < -0.3 is 20.1 Å². The summed E-state index contributed by atoms with van der Waals surface area (Å²) in [6.45, 7) is 2.98. The molecule has 0 bridgehead atoms. The highest BCUT2D eigenvalue weighted by Gasteiger charge is 2.32. The molecule has 142 valence electrons. The number of ether oxygens (including phenoxy) is 2. The second kappa shape index (κ2) is 8.64. The van der Waals surface area contributed by atoms with Gasteiger partial charge in [0.15, 0.2) is 0 Å². The van der Waals surface area contributed by atoms with Crippen LogP contribution in [-0.4, -0.2) is 37.9 Å². The van der Waals surface area contributed by atoms with Gasteiger partial charge in [-0.2, -0.15) is 0 Å². The zero-order chi connectivity index (χ0) is 19.2. The minimum Gasteiger partial charge on any atom is -0.457 e. The summed E-state index contributed by atoms with van der Waals surface area (Å²) in [4.78, 5) is 25.1. The molecule has 27 heavy (non-hydrogen) atoms. The number of halogens is 1. The van der Waals surface area contributed by atoms with Crippen LogP contribution in [0.3, 0.4) is 0 Å². The molecule has 2 N–H and O–H groups in total. The number of nitrogens with one attached hydrogen (secondary N) is 2. The third-order valence-corrected chi connectivity index (χ3v) is 4.15. The van der Waals surface area contributed by atoms with Crippen molar-refractivity contribution in [1.29, 1.82) is 0 Å². The smallest absolute Gasteiger partial charge is 0.414 e. The first kappa shape index (κ1) is 18.8. The average Bonchev–Trinajstić information content (AvgIpc) is 3.04. The summed E-state index contributed by atoms with van der Waals surface area (Å²) in [5.74, 6) is 1.31. The molecule has 0 unspecified atom stereocenters. The second-order valence-electron chi connectivity index (χ2n) is 5.91. The summed E-state index contributed by atoms with van der Waals surface area (Å²) in [5.41, 5.74) is 0.698. The first-order chi connectivity index (χ1) is 13.0. The monoisotopic (exact) mass is 389 g/mol. The lowest BCUT2D eigenvalue weighted by molar-refractivity contribution is 0.140. The third-order valence-electron chi connectivity index (χ3n) is 3.90. The van der Waals surface area contributed by atoms with E-state index in [0.717, 1.165) is 0 Å². The Morgan fingerprint density at radius 3 is 2.41 bits per heavy atom. The Labute approximate surface area is 162 Å². The van der Waals surface area contributed by atoms with Gasteiger partial charge in [0.25, 0.3) is 0 Å². The number of rotatable bonds is 6. The molecule has 3 rings (SSSR count). The number of benzene rings is 2. The molecular formula is C19H20ClN3O4. The van der Waals surface area contributed by atoms with Gasteiger partial charge in [0.05, 0.1) is 13.1 Å². The molecule has 1 atom stereocenters. The molecule has 1 heterocycles. The van der Waals surface area contributed by atoms with Crippen LogP contribution in [0.15, 0.2) is 48.5 Å². The van der Waals surface area contributed by atoms with Crippen LogP contribution in [0.1, 0.15) is 6.92 Å². The molecule has 0 spiro atoms. The van der Waals surface area contributed by atoms with E-state index in [4.69, 9.17) is 21.1 Å². The highest BCUT2D eigenvalue weighted by atomic mass is 35.5. The van der Waals surface area contributed by atoms with Gasteiger partial charge in [0.2, 0.25) is 0 Å². The minimum atomic E-state index is -0.441. The van der Waals surface area contributed by atoms with Crippen molar-refractivity contribution >= 4 is 29.4 Å². The number of hydrogen-bond acceptors (Lipinski definition) is 4. The predicted molar refractivity (Wildman–Crippen MR) is 103 cm³/mol. The fourth-order valence-electron chi connectivity index (χ4n) is 2.60. The summed E-state index contributed by atoms with van der Waals surface area (Å²) >= 11 is 5.86. The van der Waals surface area contributed by atoms with Crippen molar-refractivity contribution in [3.05, 3.63) is 53.6 Å². The van der Waals surface area contributed by atoms with Crippen LogP contribution in [0.25, 0.3) is 0 Å². The summed E-state index contributed by atoms with van der Waals surface area (Å²) in [6.07, 6.45) is -0.839. The van der Waals surface area contributed by atoms with Gasteiger partial charge in [-0.3, -0.25) is 4.90 Å². The van der Waals surface area contributed by atoms with Crippen LogP contribution in [0, 0.1) is 0 Å². The number of amides is 3. The maximum absolute atomic E-state index is 12.1. The van der Waals surface area contributed by atoms with Gasteiger partial charge in [-0.15, -0.1) is 0 Å². The SMILES string of the molecule is CCNC(=O)NC[C@H]1CN(c2ccc(Oc3ccc(Cl)cc3)cc2)C(=O)O1. The van der Waals surface area contributed by atoms with Crippen molar-refractivity contribution in [2.75, 3.05) is 24.5 Å². The molecule has 0 radical (unpaired) electrons. The Kier molecular flexibility index (Phi) is 6.03. The van der Waals surface area contributed by atoms with E-state index in [-0.39, 0.29) is 12.6 Å². The van der Waals surface area contributed by atoms with Gasteiger partial charge >= 0.3 is 12.1 Å². The van der Waals surface area contributed by atoms with Gasteiger partial charge in [-0.1, -0.05) is 11.6 Å². The molecule has 0 aliphatic carbocycles. The summed E-state index contributed by atoms with van der Waals surface area (Å²) < 4.78 is 11.0. The van der Waals surface area contributed by atoms with Gasteiger partial charge in [-0.25, -0.2) is 9.59 Å². The number of anilines is 1. The molecule has 0 aromatic heterocycles. The zero-order valence-electron chi connectivity index (χ0n) is 14.8. The molecule has 3 amide bonds. The quantitative estimate of drug-likeness (QED) is 0.788. The lowest BCUT2D eigenvalue weighted by atomic mass is 10.2. The highest BCUT2D eigenvalue weighted by Crippen LogP contribution is 2.27. The van der Waals surface area contributed by atoms with E-state index in [2.05, 4.69) is 10.6 Å². The molecular weight excluding hydrogens is 370 g/mol. The van der Waals surface area contributed by atoms with Crippen molar-refractivity contribution in [3.63, 3.8) is 0 Å². The van der Waals surface area contributed by atoms with E-state index in [1.165, 1.54) is 4.90 Å². The van der Waals surface area contributed by atoms with E-state index < -0.39 is 12.2 Å². The number of hydrogen-bond donors (Lipinski definition) is 2. The first-order valence-electron chi connectivity index (χ1n) is 8.58. The number of cyclic esters (lactones) is 1. The van der Waals surface area contributed by atoms with E-state index in [9.17, 15) is 9.59 Å². The molecule has 1 saturated heterocycles. The fourth-order valence-corrected chi connectivity index (χ4v) is 2.73. The number of carbonyl (C=O) groups excluding carboxylic acids is 2. The van der Waals surface area contributed by atoms with Crippen molar-refractivity contribution in [2.24, 2.45) is 0 Å². The minimum absolute atomic E-state index is 0.256. The first-order valence-corrected chi connectivity index (χ1v) is 8.96. The van der Waals surface area contributed by atoms with Crippen LogP contribution in [0.4, 0.5) is 15.3 Å². The molecule has 0 saturated carbocycles. The van der Waals surface area contributed by atoms with Crippen LogP contribution in [0.2, 0.25) is 5.02 Å². The van der Waals surface area contributed by atoms with E-state index in [1.54, 1.807) is 48.5 Å². The summed E-state index contributed by atoms with van der Waals surface area (Å²) in [5, 5.41) is 5.94. The van der Waals surface area contributed by atoms with E-state index in [1.807, 2.05) is 6.92 Å². The lowest BCUT2D eigenvalue weighted by Crippen LogP contribution is -2.40. The molecule has 1 fully saturated rings. The molecule has 2 aromatic carbocycles. The van der Waals surface area contributed by atoms with E-state index in [0.29, 0.717) is 35.3 Å². The van der Waals surface area contributed by atoms with Crippen LogP contribution in [-0.2, 0) is 4.74 Å². The third kappa shape index (κ3) is 5.04. The average molecular weight is 390 g/mol. The standard InChI is InChI=1S/C19H20ClN3O4/c1-2-21-18(24)22-11-17-12-23(19(25)27-17)14-5-9-16(10-6-14)26-15-7-3-13(20)4-8-15/h3-10,17H,2,11-12H2,1H3,(H2,21,22,24)/t17-/m0/s1. The van der Waals surface area contributed by atoms with Crippen LogP contribution >= 0.6 is 11.6 Å². The lowest BCUT2D eigenvalue weighted by Gasteiger charge is -2.14. The highest BCUT2D eigenvalue weighted by molar-refractivity contribution is 6.30. The molecule has 2 aromatic rings. The summed E-state index contributed by atoms with van der Waals surface area (Å²) in [7, 11) is 0. The van der Waals surface area contributed by atoms with Gasteiger partial charge in [0.1, 0.15) is 17.6 Å². The Bertz CT molecular complexity index is 796. The van der Waals surface area contributed by atoms with Crippen molar-refractivity contribution < 1.29 is 19.1 Å². The molecule has 1 aliphatic heterocycles. The second-order valence-corrected chi connectivity index (χ2v) is 6.34.